The highest BCUT2D eigenvalue weighted by atomic mass is 35.5. The maximum atomic E-state index is 12.7. The van der Waals surface area contributed by atoms with Crippen molar-refractivity contribution in [3.05, 3.63) is 88.4 Å². The standard InChI is InChI=1S/C26H22ClN3O4S/c1-3-15(2)34-18-11-8-16(9-12-18)23(31)29-26(35)28-22-13-10-17(14-21(22)27)30-24(32)19-6-4-5-7-20(19)25(30)33/h4-15H,3H2,1-2H3,(H2,28,29,31,35)/t15-/m1/s1. The first-order chi connectivity index (χ1) is 16.8. The number of thiocarbonyl (C=S) groups is 1. The summed E-state index contributed by atoms with van der Waals surface area (Å²) < 4.78 is 5.72. The number of halogens is 1. The summed E-state index contributed by atoms with van der Waals surface area (Å²) in [4.78, 5) is 39.0. The van der Waals surface area contributed by atoms with Gasteiger partial charge in [-0.1, -0.05) is 30.7 Å². The van der Waals surface area contributed by atoms with E-state index in [0.29, 0.717) is 33.8 Å². The Hall–Kier alpha value is -3.75. The molecule has 0 saturated heterocycles. The zero-order chi connectivity index (χ0) is 25.1. The van der Waals surface area contributed by atoms with Gasteiger partial charge in [-0.25, -0.2) is 4.90 Å². The van der Waals surface area contributed by atoms with Gasteiger partial charge in [0.25, 0.3) is 17.7 Å². The van der Waals surface area contributed by atoms with E-state index in [2.05, 4.69) is 10.6 Å². The smallest absolute Gasteiger partial charge is 0.266 e. The highest BCUT2D eigenvalue weighted by Gasteiger charge is 2.36. The van der Waals surface area contributed by atoms with Gasteiger partial charge < -0.3 is 10.1 Å². The summed E-state index contributed by atoms with van der Waals surface area (Å²) in [5, 5.41) is 5.74. The van der Waals surface area contributed by atoms with Gasteiger partial charge in [0.15, 0.2) is 5.11 Å². The molecule has 0 spiro atoms. The van der Waals surface area contributed by atoms with Gasteiger partial charge in [-0.3, -0.25) is 19.7 Å². The predicted molar refractivity (Wildman–Crippen MR) is 140 cm³/mol. The van der Waals surface area contributed by atoms with Crippen LogP contribution in [0.25, 0.3) is 0 Å². The average Bonchev–Trinajstić information content (AvgIpc) is 3.10. The number of nitrogens with one attached hydrogen (secondary N) is 2. The molecule has 1 aliphatic rings. The molecule has 35 heavy (non-hydrogen) atoms. The molecule has 0 unspecified atom stereocenters. The van der Waals surface area contributed by atoms with E-state index < -0.39 is 17.7 Å². The normalized spacial score (nSPS) is 13.3. The molecule has 178 valence electrons. The lowest BCUT2D eigenvalue weighted by Gasteiger charge is -2.16. The Kier molecular flexibility index (Phi) is 7.14. The first kappa shape index (κ1) is 24.4. The SMILES string of the molecule is CC[C@@H](C)Oc1ccc(C(=O)NC(=S)Nc2ccc(N3C(=O)c4ccccc4C3=O)cc2Cl)cc1. The maximum absolute atomic E-state index is 12.7. The van der Waals surface area contributed by atoms with E-state index in [1.54, 1.807) is 60.7 Å². The van der Waals surface area contributed by atoms with Crippen LogP contribution in [0.3, 0.4) is 0 Å². The van der Waals surface area contributed by atoms with Crippen molar-refractivity contribution in [3.8, 4) is 5.75 Å². The van der Waals surface area contributed by atoms with E-state index in [1.807, 2.05) is 13.8 Å². The molecule has 7 nitrogen and oxygen atoms in total. The van der Waals surface area contributed by atoms with E-state index in [-0.39, 0.29) is 16.2 Å². The first-order valence-electron chi connectivity index (χ1n) is 10.9. The van der Waals surface area contributed by atoms with Crippen molar-refractivity contribution in [3.63, 3.8) is 0 Å². The second-order valence-electron chi connectivity index (χ2n) is 7.92. The van der Waals surface area contributed by atoms with Gasteiger partial charge in [-0.05, 0) is 80.2 Å². The third kappa shape index (κ3) is 5.18. The largest absolute Gasteiger partial charge is 0.491 e. The maximum Gasteiger partial charge on any atom is 0.266 e. The van der Waals surface area contributed by atoms with Gasteiger partial charge in [0, 0.05) is 5.56 Å². The van der Waals surface area contributed by atoms with Crippen molar-refractivity contribution in [2.45, 2.75) is 26.4 Å². The molecule has 3 aromatic carbocycles. The molecule has 0 aliphatic carbocycles. The Morgan fingerprint density at radius 1 is 1.03 bits per heavy atom. The van der Waals surface area contributed by atoms with E-state index in [0.717, 1.165) is 11.3 Å². The van der Waals surface area contributed by atoms with Crippen LogP contribution in [0.5, 0.6) is 5.75 Å². The average molecular weight is 508 g/mol. The van der Waals surface area contributed by atoms with E-state index in [1.165, 1.54) is 6.07 Å². The molecule has 3 aromatic rings. The molecule has 0 bridgehead atoms. The molecule has 3 amide bonds. The molecule has 0 aromatic heterocycles. The monoisotopic (exact) mass is 507 g/mol. The number of fused-ring (bicyclic) bond motifs is 1. The lowest BCUT2D eigenvalue weighted by Crippen LogP contribution is -2.34. The number of carbonyl (C=O) groups excluding carboxylic acids is 3. The van der Waals surface area contributed by atoms with Crippen molar-refractivity contribution in [1.82, 2.24) is 5.32 Å². The van der Waals surface area contributed by atoms with Gasteiger partial charge in [-0.15, -0.1) is 0 Å². The zero-order valence-corrected chi connectivity index (χ0v) is 20.6. The lowest BCUT2D eigenvalue weighted by molar-refractivity contribution is 0.0923. The minimum absolute atomic E-state index is 0.0466. The van der Waals surface area contributed by atoms with Crippen LogP contribution in [0.2, 0.25) is 5.02 Å². The summed E-state index contributed by atoms with van der Waals surface area (Å²) in [5.74, 6) is -0.533. The van der Waals surface area contributed by atoms with Crippen molar-refractivity contribution in [1.29, 1.82) is 0 Å². The van der Waals surface area contributed by atoms with Crippen molar-refractivity contribution in [2.75, 3.05) is 10.2 Å². The van der Waals surface area contributed by atoms with Crippen molar-refractivity contribution < 1.29 is 19.1 Å². The van der Waals surface area contributed by atoms with Crippen LogP contribution in [0.1, 0.15) is 51.3 Å². The van der Waals surface area contributed by atoms with Gasteiger partial charge in [0.1, 0.15) is 5.75 Å². The number of amides is 3. The highest BCUT2D eigenvalue weighted by molar-refractivity contribution is 7.80. The number of imide groups is 1. The second-order valence-corrected chi connectivity index (χ2v) is 8.74. The summed E-state index contributed by atoms with van der Waals surface area (Å²) in [5.41, 5.74) is 1.85. The fraction of sp³-hybridized carbons (Fsp3) is 0.154. The molecular formula is C26H22ClN3O4S. The fourth-order valence-corrected chi connectivity index (χ4v) is 3.92. The van der Waals surface area contributed by atoms with Crippen LogP contribution in [0.4, 0.5) is 11.4 Å². The van der Waals surface area contributed by atoms with Crippen LogP contribution < -0.4 is 20.3 Å². The van der Waals surface area contributed by atoms with Crippen LogP contribution in [-0.2, 0) is 0 Å². The fourth-order valence-electron chi connectivity index (χ4n) is 3.50. The summed E-state index contributed by atoms with van der Waals surface area (Å²) in [7, 11) is 0. The van der Waals surface area contributed by atoms with Gasteiger partial charge in [-0.2, -0.15) is 0 Å². The summed E-state index contributed by atoms with van der Waals surface area (Å²) in [6, 6.07) is 18.1. The van der Waals surface area contributed by atoms with Crippen LogP contribution in [-0.4, -0.2) is 28.9 Å². The van der Waals surface area contributed by atoms with Gasteiger partial charge >= 0.3 is 0 Å². The first-order valence-corrected chi connectivity index (χ1v) is 11.7. The topological polar surface area (TPSA) is 87.7 Å². The quantitative estimate of drug-likeness (QED) is 0.341. The number of hydrogen-bond acceptors (Lipinski definition) is 5. The van der Waals surface area contributed by atoms with Crippen molar-refractivity contribution in [2.24, 2.45) is 0 Å². The van der Waals surface area contributed by atoms with E-state index in [9.17, 15) is 14.4 Å². The third-order valence-electron chi connectivity index (χ3n) is 5.51. The van der Waals surface area contributed by atoms with Crippen LogP contribution in [0.15, 0.2) is 66.7 Å². The summed E-state index contributed by atoms with van der Waals surface area (Å²) in [6.07, 6.45) is 0.962. The molecule has 9 heteroatoms. The molecule has 4 rings (SSSR count). The molecule has 0 saturated carbocycles. The van der Waals surface area contributed by atoms with Crippen LogP contribution in [0, 0.1) is 0 Å². The Morgan fingerprint density at radius 3 is 2.23 bits per heavy atom. The Morgan fingerprint density at radius 2 is 1.66 bits per heavy atom. The Labute approximate surface area is 213 Å². The highest BCUT2D eigenvalue weighted by Crippen LogP contribution is 2.32. The minimum atomic E-state index is -0.411. The predicted octanol–water partition coefficient (Wildman–Crippen LogP) is 5.44. The number of nitrogens with zero attached hydrogens (tertiary/aromatic N) is 1. The number of hydrogen-bond donors (Lipinski definition) is 2. The number of carbonyl (C=O) groups is 3. The summed E-state index contributed by atoms with van der Waals surface area (Å²) >= 11 is 11.6. The molecular weight excluding hydrogens is 486 g/mol. The lowest BCUT2D eigenvalue weighted by atomic mass is 10.1. The molecule has 1 atom stereocenters. The molecule has 1 heterocycles. The molecule has 1 aliphatic heterocycles. The Bertz CT molecular complexity index is 1290. The summed E-state index contributed by atoms with van der Waals surface area (Å²) in [6.45, 7) is 4.01. The number of ether oxygens (including phenoxy) is 1. The Balaban J connectivity index is 1.40. The van der Waals surface area contributed by atoms with Crippen molar-refractivity contribution >= 4 is 58.0 Å². The van der Waals surface area contributed by atoms with Crippen LogP contribution >= 0.6 is 23.8 Å². The molecule has 0 fully saturated rings. The number of benzene rings is 3. The van der Waals surface area contributed by atoms with Gasteiger partial charge in [0.2, 0.25) is 0 Å². The van der Waals surface area contributed by atoms with E-state index in [4.69, 9.17) is 28.6 Å². The number of anilines is 2. The minimum Gasteiger partial charge on any atom is -0.491 e. The van der Waals surface area contributed by atoms with Gasteiger partial charge in [0.05, 0.1) is 33.6 Å². The van der Waals surface area contributed by atoms with E-state index >= 15 is 0 Å². The zero-order valence-electron chi connectivity index (χ0n) is 19.0. The number of rotatable bonds is 6. The second kappa shape index (κ2) is 10.2. The molecule has 0 radical (unpaired) electrons. The third-order valence-corrected chi connectivity index (χ3v) is 6.03. The molecule has 2 N–H and O–H groups in total.